The highest BCUT2D eigenvalue weighted by Gasteiger charge is 2.28. The van der Waals surface area contributed by atoms with Crippen LogP contribution in [0.25, 0.3) is 16.9 Å². The summed E-state index contributed by atoms with van der Waals surface area (Å²) in [6.45, 7) is 1.36. The molecule has 2 heterocycles. The number of fused-ring (bicyclic) bond motifs is 3. The van der Waals surface area contributed by atoms with Crippen molar-refractivity contribution in [3.8, 4) is 22.7 Å². The molecule has 108 valence electrons. The van der Waals surface area contributed by atoms with Crippen LogP contribution in [0, 0.1) is 0 Å². The van der Waals surface area contributed by atoms with Crippen LogP contribution in [-0.2, 0) is 11.2 Å². The van der Waals surface area contributed by atoms with Gasteiger partial charge in [-0.3, -0.25) is 4.79 Å². The van der Waals surface area contributed by atoms with Gasteiger partial charge in [0.25, 0.3) is 0 Å². The maximum atomic E-state index is 11.6. The van der Waals surface area contributed by atoms with E-state index in [-0.39, 0.29) is 0 Å². The molecule has 4 heteroatoms. The van der Waals surface area contributed by atoms with E-state index in [2.05, 4.69) is 5.10 Å². The minimum absolute atomic E-state index is 0.375. The lowest BCUT2D eigenvalue weighted by Gasteiger charge is -2.04. The smallest absolute Gasteiger partial charge is 0.308 e. The molecule has 1 unspecified atom stereocenters. The Balaban J connectivity index is 1.97. The molecule has 0 saturated heterocycles. The molecule has 0 bridgehead atoms. The van der Waals surface area contributed by atoms with Crippen LogP contribution in [-0.4, -0.2) is 15.7 Å². The number of nitrogens with zero attached hydrogens (tertiary/aromatic N) is 2. The van der Waals surface area contributed by atoms with Gasteiger partial charge in [-0.25, -0.2) is 4.68 Å². The molecule has 0 saturated carbocycles. The molecule has 1 aromatic heterocycles. The van der Waals surface area contributed by atoms with Crippen LogP contribution < -0.4 is 4.74 Å². The number of aromatic nitrogens is 2. The lowest BCUT2D eigenvalue weighted by molar-refractivity contribution is -0.131. The molecule has 3 aromatic rings. The van der Waals surface area contributed by atoms with Gasteiger partial charge in [-0.05, 0) is 11.6 Å². The van der Waals surface area contributed by atoms with Crippen LogP contribution >= 0.6 is 0 Å². The minimum Gasteiger partial charge on any atom is -0.422 e. The molecule has 0 spiro atoms. The fraction of sp³-hybridized carbons (Fsp3) is 0.111. The molecule has 0 radical (unpaired) electrons. The highest BCUT2D eigenvalue weighted by atomic mass is 16.5. The van der Waals surface area contributed by atoms with Gasteiger partial charge in [0.2, 0.25) is 0 Å². The number of carbonyl (C=O) groups is 1. The molecule has 2 aromatic carbocycles. The number of carbonyl (C=O) groups excluding carboxylic acids is 1. The molecule has 0 fully saturated rings. The van der Waals surface area contributed by atoms with Gasteiger partial charge in [-0.15, -0.1) is 0 Å². The zero-order valence-corrected chi connectivity index (χ0v) is 12.0. The number of para-hydroxylation sites is 1. The molecule has 0 N–H and O–H groups in total. The Labute approximate surface area is 129 Å². The van der Waals surface area contributed by atoms with Crippen molar-refractivity contribution in [3.63, 3.8) is 0 Å². The number of ether oxygens (including phenoxy) is 1. The van der Waals surface area contributed by atoms with E-state index in [9.17, 15) is 4.79 Å². The van der Waals surface area contributed by atoms with E-state index in [1.165, 1.54) is 6.92 Å². The first-order valence-electron chi connectivity index (χ1n) is 7.63. The van der Waals surface area contributed by atoms with Gasteiger partial charge in [-0.1, -0.05) is 48.5 Å². The molecule has 0 amide bonds. The summed E-state index contributed by atoms with van der Waals surface area (Å²) in [6.07, 6.45) is -0.620. The number of esters is 1. The quantitative estimate of drug-likeness (QED) is 0.680. The van der Waals surface area contributed by atoms with Crippen LogP contribution in [0.3, 0.4) is 0 Å². The molecule has 1 aliphatic heterocycles. The first kappa shape index (κ1) is 11.7. The van der Waals surface area contributed by atoms with Gasteiger partial charge in [0, 0.05) is 20.3 Å². The average Bonchev–Trinajstić information content (AvgIpc) is 3.06. The third-order valence-corrected chi connectivity index (χ3v) is 3.63. The van der Waals surface area contributed by atoms with Crippen LogP contribution in [0.4, 0.5) is 0 Å². The Bertz CT molecular complexity index is 903. The first-order valence-corrected chi connectivity index (χ1v) is 7.05. The molecular weight excluding hydrogens is 276 g/mol. The Morgan fingerprint density at radius 2 is 1.91 bits per heavy atom. The summed E-state index contributed by atoms with van der Waals surface area (Å²) in [5, 5.41) is 4.63. The van der Waals surface area contributed by atoms with Gasteiger partial charge >= 0.3 is 5.97 Å². The summed E-state index contributed by atoms with van der Waals surface area (Å²) in [6, 6.07) is 17.2. The Hall–Kier alpha value is -2.88. The van der Waals surface area contributed by atoms with Gasteiger partial charge in [0.05, 0.1) is 11.4 Å². The number of benzene rings is 2. The van der Waals surface area contributed by atoms with Gasteiger partial charge < -0.3 is 4.74 Å². The number of rotatable bonds is 2. The highest BCUT2D eigenvalue weighted by Crippen LogP contribution is 2.40. The van der Waals surface area contributed by atoms with Crippen molar-refractivity contribution in [2.45, 2.75) is 13.3 Å². The monoisotopic (exact) mass is 291 g/mol. The summed E-state index contributed by atoms with van der Waals surface area (Å²) >= 11 is 0. The standard InChI is InChI=1S/C18H14N2O2/c1-12(21)22-18-16-11-14-9-5-6-10-15(14)20(16)19-17(18)13-7-3-2-4-8-13/h2-10H,11H2,1H3/i11D. The molecule has 0 aliphatic carbocycles. The zero-order chi connectivity index (χ0) is 16.0. The van der Waals surface area contributed by atoms with Crippen molar-refractivity contribution < 1.29 is 10.9 Å². The maximum Gasteiger partial charge on any atom is 0.308 e. The Morgan fingerprint density at radius 3 is 2.68 bits per heavy atom. The van der Waals surface area contributed by atoms with Gasteiger partial charge in [0.1, 0.15) is 5.69 Å². The number of hydrogen-bond donors (Lipinski definition) is 0. The van der Waals surface area contributed by atoms with Crippen molar-refractivity contribution in [3.05, 3.63) is 65.9 Å². The normalized spacial score (nSPS) is 15.9. The van der Waals surface area contributed by atoms with Gasteiger partial charge in [-0.2, -0.15) is 5.10 Å². The maximum absolute atomic E-state index is 11.6. The van der Waals surface area contributed by atoms with E-state index < -0.39 is 12.4 Å². The van der Waals surface area contributed by atoms with Crippen LogP contribution in [0.2, 0.25) is 0 Å². The Kier molecular flexibility index (Phi) is 2.58. The topological polar surface area (TPSA) is 44.1 Å². The average molecular weight is 291 g/mol. The Morgan fingerprint density at radius 1 is 1.18 bits per heavy atom. The summed E-state index contributed by atoms with van der Waals surface area (Å²) < 4.78 is 15.7. The molecule has 1 aliphatic rings. The summed E-state index contributed by atoms with van der Waals surface area (Å²) in [5.41, 5.74) is 3.76. The zero-order valence-electron chi connectivity index (χ0n) is 13.0. The summed E-state index contributed by atoms with van der Waals surface area (Å²) in [4.78, 5) is 11.6. The number of hydrogen-bond acceptors (Lipinski definition) is 3. The van der Waals surface area contributed by atoms with Crippen molar-refractivity contribution in [2.75, 3.05) is 0 Å². The lowest BCUT2D eigenvalue weighted by atomic mass is 10.1. The van der Waals surface area contributed by atoms with E-state index in [1.807, 2.05) is 54.6 Å². The second-order valence-electron chi connectivity index (χ2n) is 5.14. The van der Waals surface area contributed by atoms with Crippen molar-refractivity contribution in [1.82, 2.24) is 9.78 Å². The third-order valence-electron chi connectivity index (χ3n) is 3.63. The predicted octanol–water partition coefficient (Wildman–Crippen LogP) is 3.37. The largest absolute Gasteiger partial charge is 0.422 e. The lowest BCUT2D eigenvalue weighted by Crippen LogP contribution is -2.03. The molecular formula is C18H14N2O2. The molecule has 4 rings (SSSR count). The minimum atomic E-state index is -0.620. The van der Waals surface area contributed by atoms with Crippen molar-refractivity contribution >= 4 is 5.97 Å². The third kappa shape index (κ3) is 1.92. The van der Waals surface area contributed by atoms with Crippen LogP contribution in [0.1, 0.15) is 19.6 Å². The van der Waals surface area contributed by atoms with E-state index in [0.717, 1.165) is 16.8 Å². The molecule has 1 atom stereocenters. The predicted molar refractivity (Wildman–Crippen MR) is 83.1 cm³/mol. The van der Waals surface area contributed by atoms with Crippen molar-refractivity contribution in [1.29, 1.82) is 0 Å². The van der Waals surface area contributed by atoms with Crippen LogP contribution in [0.5, 0.6) is 5.75 Å². The summed E-state index contributed by atoms with van der Waals surface area (Å²) in [7, 11) is 0. The van der Waals surface area contributed by atoms with Crippen LogP contribution in [0.15, 0.2) is 54.6 Å². The van der Waals surface area contributed by atoms with Gasteiger partial charge in [0.15, 0.2) is 5.75 Å². The fourth-order valence-electron chi connectivity index (χ4n) is 2.71. The van der Waals surface area contributed by atoms with E-state index >= 15 is 0 Å². The second-order valence-corrected chi connectivity index (χ2v) is 5.14. The SMILES string of the molecule is [2H]C1c2ccccc2-n2nc(-c3ccccc3)c(OC(C)=O)c21. The molecule has 22 heavy (non-hydrogen) atoms. The van der Waals surface area contributed by atoms with E-state index in [4.69, 9.17) is 6.11 Å². The van der Waals surface area contributed by atoms with Crippen molar-refractivity contribution in [2.24, 2.45) is 0 Å². The first-order chi connectivity index (χ1) is 11.2. The highest BCUT2D eigenvalue weighted by molar-refractivity contribution is 5.77. The van der Waals surface area contributed by atoms with E-state index in [1.54, 1.807) is 4.68 Å². The fourth-order valence-corrected chi connectivity index (χ4v) is 2.71. The van der Waals surface area contributed by atoms with E-state index in [0.29, 0.717) is 17.1 Å². The summed E-state index contributed by atoms with van der Waals surface area (Å²) in [5.74, 6) is -0.0407. The molecule has 4 nitrogen and oxygen atoms in total. The second kappa shape index (κ2) is 4.84.